The Bertz CT molecular complexity index is 656. The van der Waals surface area contributed by atoms with Gasteiger partial charge in [0.25, 0.3) is 0 Å². The van der Waals surface area contributed by atoms with Gasteiger partial charge in [0.2, 0.25) is 11.5 Å². The topological polar surface area (TPSA) is 138 Å². The van der Waals surface area contributed by atoms with E-state index in [-0.39, 0.29) is 4.90 Å². The second-order valence-corrected chi connectivity index (χ2v) is 4.91. The molecule has 0 aliphatic rings. The molecule has 0 bridgehead atoms. The molecule has 0 atom stereocenters. The maximum atomic E-state index is 11.7. The second-order valence-electron chi connectivity index (χ2n) is 3.38. The van der Waals surface area contributed by atoms with Gasteiger partial charge in [0, 0.05) is 0 Å². The van der Waals surface area contributed by atoms with Gasteiger partial charge in [-0.2, -0.15) is 13.7 Å². The lowest BCUT2D eigenvalue weighted by atomic mass is 10.2. The van der Waals surface area contributed by atoms with E-state index in [0.717, 1.165) is 5.56 Å². The van der Waals surface area contributed by atoms with Crippen LogP contribution < -0.4 is 5.73 Å². The molecule has 0 radical (unpaired) electrons. The summed E-state index contributed by atoms with van der Waals surface area (Å²) in [5.74, 6) is -0.651. The Labute approximate surface area is 109 Å². The van der Waals surface area contributed by atoms with E-state index in [1.165, 1.54) is 18.2 Å². The first-order chi connectivity index (χ1) is 8.90. The van der Waals surface area contributed by atoms with Crippen molar-refractivity contribution in [3.63, 3.8) is 0 Å². The third-order valence-electron chi connectivity index (χ3n) is 1.99. The van der Waals surface area contributed by atoms with Gasteiger partial charge in [-0.3, -0.25) is 4.28 Å². The Balaban J connectivity index is 3.02. The van der Waals surface area contributed by atoms with E-state index in [1.807, 2.05) is 0 Å². The fourth-order valence-corrected chi connectivity index (χ4v) is 1.73. The Morgan fingerprint density at radius 2 is 2.00 bits per heavy atom. The number of rotatable bonds is 4. The van der Waals surface area contributed by atoms with E-state index in [1.54, 1.807) is 19.1 Å². The lowest BCUT2D eigenvalue weighted by Crippen LogP contribution is -2.23. The average molecular weight is 282 g/mol. The molecule has 100 valence electrons. The van der Waals surface area contributed by atoms with E-state index in [9.17, 15) is 8.42 Å². The zero-order chi connectivity index (χ0) is 14.5. The molecule has 8 nitrogen and oxygen atoms in total. The van der Waals surface area contributed by atoms with Crippen molar-refractivity contribution in [2.75, 3.05) is 0 Å². The molecule has 1 rings (SSSR count). The second kappa shape index (κ2) is 5.83. The summed E-state index contributed by atoms with van der Waals surface area (Å²) < 4.78 is 27.7. The molecule has 1 aromatic carbocycles. The first-order valence-corrected chi connectivity index (χ1v) is 6.28. The fourth-order valence-electron chi connectivity index (χ4n) is 1.01. The van der Waals surface area contributed by atoms with Crippen LogP contribution in [0.4, 0.5) is 0 Å². The number of hydrogen-bond donors (Lipinski definition) is 2. The Hall–Kier alpha value is -2.60. The van der Waals surface area contributed by atoms with Crippen LogP contribution in [0.3, 0.4) is 0 Å². The minimum absolute atomic E-state index is 0.126. The molecule has 0 spiro atoms. The van der Waals surface area contributed by atoms with Crippen molar-refractivity contribution in [2.45, 2.75) is 11.8 Å². The quantitative estimate of drug-likeness (QED) is 0.353. The number of amidine groups is 1. The van der Waals surface area contributed by atoms with Crippen molar-refractivity contribution in [3.05, 3.63) is 29.8 Å². The molecule has 0 aliphatic heterocycles. The molecule has 0 heterocycles. The molecule has 0 saturated heterocycles. The first-order valence-electron chi connectivity index (χ1n) is 4.87. The number of nitriles is 1. The van der Waals surface area contributed by atoms with E-state index in [2.05, 4.69) is 14.6 Å². The summed E-state index contributed by atoms with van der Waals surface area (Å²) in [6, 6.07) is 7.25. The van der Waals surface area contributed by atoms with E-state index in [4.69, 9.17) is 16.2 Å². The van der Waals surface area contributed by atoms with Gasteiger partial charge in [-0.25, -0.2) is 0 Å². The van der Waals surface area contributed by atoms with E-state index < -0.39 is 21.7 Å². The zero-order valence-corrected chi connectivity index (χ0v) is 10.6. The first kappa shape index (κ1) is 14.5. The monoisotopic (exact) mass is 282 g/mol. The van der Waals surface area contributed by atoms with Gasteiger partial charge in [0.05, 0.1) is 0 Å². The fraction of sp³-hybridized carbons (Fsp3) is 0.100. The molecule has 0 aromatic heterocycles. The Morgan fingerprint density at radius 1 is 1.42 bits per heavy atom. The molecular formula is C10H10N4O4S. The minimum atomic E-state index is -4.15. The molecular weight excluding hydrogens is 272 g/mol. The number of benzene rings is 1. The van der Waals surface area contributed by atoms with Crippen molar-refractivity contribution in [1.82, 2.24) is 0 Å². The van der Waals surface area contributed by atoms with E-state index in [0.29, 0.717) is 0 Å². The van der Waals surface area contributed by atoms with Crippen molar-refractivity contribution < 1.29 is 17.9 Å². The highest BCUT2D eigenvalue weighted by Crippen LogP contribution is 2.13. The third-order valence-corrected chi connectivity index (χ3v) is 3.11. The molecule has 0 saturated carbocycles. The maximum absolute atomic E-state index is 11.7. The van der Waals surface area contributed by atoms with Crippen LogP contribution in [0.2, 0.25) is 0 Å². The van der Waals surface area contributed by atoms with Crippen molar-refractivity contribution in [1.29, 1.82) is 5.26 Å². The Kier molecular flexibility index (Phi) is 4.44. The molecule has 0 fully saturated rings. The van der Waals surface area contributed by atoms with Crippen LogP contribution in [-0.4, -0.2) is 25.2 Å². The van der Waals surface area contributed by atoms with Crippen molar-refractivity contribution in [3.8, 4) is 6.07 Å². The van der Waals surface area contributed by atoms with Gasteiger partial charge in [-0.05, 0) is 24.2 Å². The number of nitrogens with zero attached hydrogens (tertiary/aromatic N) is 3. The standard InChI is InChI=1S/C10H10N4O4S/c1-7-2-4-8(5-3-7)19(16,17)18-14-9(6-11)10(12)13-15/h2-5,15H,1H3,(H2,12,13). The Morgan fingerprint density at radius 3 is 2.47 bits per heavy atom. The van der Waals surface area contributed by atoms with Crippen LogP contribution in [0.25, 0.3) is 0 Å². The molecule has 0 aliphatic carbocycles. The number of hydrogen-bond acceptors (Lipinski definition) is 7. The summed E-state index contributed by atoms with van der Waals surface area (Å²) >= 11 is 0. The normalized spacial score (nSPS) is 12.8. The van der Waals surface area contributed by atoms with Gasteiger partial charge in [0.15, 0.2) is 0 Å². The SMILES string of the molecule is Cc1ccc(S(=O)(=O)ON=C(C#N)C(N)=NO)cc1. The van der Waals surface area contributed by atoms with E-state index >= 15 is 0 Å². The summed E-state index contributed by atoms with van der Waals surface area (Å²) in [6.07, 6.45) is 0. The summed E-state index contributed by atoms with van der Waals surface area (Å²) in [5, 5.41) is 22.5. The molecule has 19 heavy (non-hydrogen) atoms. The summed E-state index contributed by atoms with van der Waals surface area (Å²) in [5.41, 5.74) is 5.31. The predicted molar refractivity (Wildman–Crippen MR) is 65.9 cm³/mol. The molecule has 0 amide bonds. The number of oxime groups is 2. The van der Waals surface area contributed by atoms with Gasteiger partial charge in [0.1, 0.15) is 11.0 Å². The van der Waals surface area contributed by atoms with Crippen LogP contribution >= 0.6 is 0 Å². The van der Waals surface area contributed by atoms with Gasteiger partial charge in [-0.15, -0.1) is 0 Å². The highest BCUT2D eigenvalue weighted by atomic mass is 32.2. The molecule has 0 unspecified atom stereocenters. The lowest BCUT2D eigenvalue weighted by molar-refractivity contribution is 0.318. The van der Waals surface area contributed by atoms with Gasteiger partial charge >= 0.3 is 10.1 Å². The predicted octanol–water partition coefficient (Wildman–Crippen LogP) is 0.326. The van der Waals surface area contributed by atoms with Gasteiger partial charge < -0.3 is 10.9 Å². The van der Waals surface area contributed by atoms with Crippen LogP contribution in [-0.2, 0) is 14.4 Å². The molecule has 9 heteroatoms. The number of aryl methyl sites for hydroxylation is 1. The van der Waals surface area contributed by atoms with Crippen LogP contribution in [0.5, 0.6) is 0 Å². The van der Waals surface area contributed by atoms with Crippen molar-refractivity contribution in [2.24, 2.45) is 16.0 Å². The van der Waals surface area contributed by atoms with Crippen LogP contribution in [0, 0.1) is 18.3 Å². The zero-order valence-electron chi connectivity index (χ0n) is 9.81. The number of nitrogens with two attached hydrogens (primary N) is 1. The minimum Gasteiger partial charge on any atom is -0.409 e. The highest BCUT2D eigenvalue weighted by Gasteiger charge is 2.16. The average Bonchev–Trinajstić information content (AvgIpc) is 2.39. The highest BCUT2D eigenvalue weighted by molar-refractivity contribution is 7.86. The smallest absolute Gasteiger partial charge is 0.358 e. The summed E-state index contributed by atoms with van der Waals surface area (Å²) in [6.45, 7) is 1.79. The summed E-state index contributed by atoms with van der Waals surface area (Å²) in [4.78, 5) is -0.126. The molecule has 1 aromatic rings. The van der Waals surface area contributed by atoms with Crippen LogP contribution in [0.1, 0.15) is 5.56 Å². The third kappa shape index (κ3) is 3.68. The molecule has 3 N–H and O–H groups in total. The summed E-state index contributed by atoms with van der Waals surface area (Å²) in [7, 11) is -4.15. The lowest BCUT2D eigenvalue weighted by Gasteiger charge is -2.02. The van der Waals surface area contributed by atoms with Crippen molar-refractivity contribution >= 4 is 21.7 Å². The van der Waals surface area contributed by atoms with Gasteiger partial charge in [-0.1, -0.05) is 22.9 Å². The van der Waals surface area contributed by atoms with Crippen LogP contribution in [0.15, 0.2) is 39.5 Å². The maximum Gasteiger partial charge on any atom is 0.358 e. The largest absolute Gasteiger partial charge is 0.409 e.